The molecule has 0 spiro atoms. The average Bonchev–Trinajstić information content (AvgIpc) is 3.50. The zero-order valence-corrected chi connectivity index (χ0v) is 19.3. The second kappa shape index (κ2) is 9.10. The summed E-state index contributed by atoms with van der Waals surface area (Å²) in [5, 5.41) is 12.5. The third-order valence-corrected chi connectivity index (χ3v) is 6.56. The number of aromatic nitrogens is 3. The van der Waals surface area contributed by atoms with Crippen molar-refractivity contribution in [1.29, 1.82) is 0 Å². The fourth-order valence-electron chi connectivity index (χ4n) is 3.82. The molecule has 0 aliphatic carbocycles. The van der Waals surface area contributed by atoms with Gasteiger partial charge < -0.3 is 14.3 Å². The van der Waals surface area contributed by atoms with Crippen LogP contribution in [-0.2, 0) is 21.7 Å². The molecule has 172 valence electrons. The SMILES string of the molecule is CCn1c(SCC(=O)NN2C(=O)NC(CC)(c3ccccc3)C2=O)nnc1-c1ccoc1C. The van der Waals surface area contributed by atoms with Gasteiger partial charge in [-0.15, -0.1) is 10.2 Å². The molecule has 2 N–H and O–H groups in total. The van der Waals surface area contributed by atoms with E-state index in [1.165, 1.54) is 11.8 Å². The van der Waals surface area contributed by atoms with Crippen molar-refractivity contribution in [3.63, 3.8) is 0 Å². The Morgan fingerprint density at radius 2 is 1.94 bits per heavy atom. The van der Waals surface area contributed by atoms with Gasteiger partial charge in [0.05, 0.1) is 17.6 Å². The van der Waals surface area contributed by atoms with E-state index < -0.39 is 23.4 Å². The summed E-state index contributed by atoms with van der Waals surface area (Å²) < 4.78 is 7.23. The molecule has 4 rings (SSSR count). The Morgan fingerprint density at radius 3 is 2.58 bits per heavy atom. The van der Waals surface area contributed by atoms with Gasteiger partial charge in [-0.05, 0) is 31.9 Å². The number of hydrogen-bond donors (Lipinski definition) is 2. The van der Waals surface area contributed by atoms with E-state index in [1.54, 1.807) is 30.5 Å². The smallest absolute Gasteiger partial charge is 0.344 e. The molecule has 1 aromatic carbocycles. The maximum Gasteiger partial charge on any atom is 0.344 e. The quantitative estimate of drug-likeness (QED) is 0.385. The lowest BCUT2D eigenvalue weighted by Crippen LogP contribution is -2.49. The minimum atomic E-state index is -1.21. The number of rotatable bonds is 8. The number of nitrogens with one attached hydrogen (secondary N) is 2. The number of benzene rings is 1. The molecule has 11 heteroatoms. The Balaban J connectivity index is 1.45. The van der Waals surface area contributed by atoms with Crippen LogP contribution < -0.4 is 10.7 Å². The van der Waals surface area contributed by atoms with Crippen molar-refractivity contribution in [3.8, 4) is 11.4 Å². The molecule has 2 aromatic heterocycles. The number of hydrazine groups is 1. The van der Waals surface area contributed by atoms with E-state index in [0.717, 1.165) is 16.3 Å². The number of furan rings is 1. The molecule has 1 aliphatic rings. The van der Waals surface area contributed by atoms with Crippen molar-refractivity contribution in [2.45, 2.75) is 44.4 Å². The molecule has 33 heavy (non-hydrogen) atoms. The van der Waals surface area contributed by atoms with Crippen molar-refractivity contribution in [2.75, 3.05) is 5.75 Å². The average molecular weight is 469 g/mol. The Morgan fingerprint density at radius 1 is 1.18 bits per heavy atom. The van der Waals surface area contributed by atoms with Crippen LogP contribution in [0.2, 0.25) is 0 Å². The number of carbonyl (C=O) groups excluding carboxylic acids is 3. The number of nitrogens with zero attached hydrogens (tertiary/aromatic N) is 4. The Labute approximate surface area is 194 Å². The molecule has 3 aromatic rings. The van der Waals surface area contributed by atoms with Crippen LogP contribution in [0.15, 0.2) is 52.2 Å². The van der Waals surface area contributed by atoms with E-state index in [-0.39, 0.29) is 5.75 Å². The molecule has 3 heterocycles. The fraction of sp³-hybridized carbons (Fsp3) is 0.318. The first-order chi connectivity index (χ1) is 15.9. The molecule has 10 nitrogen and oxygen atoms in total. The first-order valence-electron chi connectivity index (χ1n) is 10.5. The highest BCUT2D eigenvalue weighted by Crippen LogP contribution is 2.32. The molecular formula is C22H24N6O4S. The van der Waals surface area contributed by atoms with Gasteiger partial charge in [0.2, 0.25) is 5.91 Å². The maximum atomic E-state index is 13.1. The third kappa shape index (κ3) is 3.99. The van der Waals surface area contributed by atoms with Crippen LogP contribution in [0.1, 0.15) is 31.6 Å². The van der Waals surface area contributed by atoms with Gasteiger partial charge in [0.15, 0.2) is 11.0 Å². The summed E-state index contributed by atoms with van der Waals surface area (Å²) in [6, 6.07) is 10.1. The monoisotopic (exact) mass is 468 g/mol. The van der Waals surface area contributed by atoms with Crippen molar-refractivity contribution in [2.24, 2.45) is 0 Å². The summed E-state index contributed by atoms with van der Waals surface area (Å²) in [5.74, 6) is 0.299. The standard InChI is InChI=1S/C22H24N6O4S/c1-4-22(15-9-7-6-8-10-15)19(30)28(20(31)23-22)26-17(29)13-33-21-25-24-18(27(21)5-2)16-11-12-32-14(16)3/h6-12H,4-5,13H2,1-3H3,(H,23,31)(H,26,29). The van der Waals surface area contributed by atoms with Crippen LogP contribution in [0.3, 0.4) is 0 Å². The minimum absolute atomic E-state index is 0.0516. The van der Waals surface area contributed by atoms with Gasteiger partial charge in [0.1, 0.15) is 11.3 Å². The highest BCUT2D eigenvalue weighted by molar-refractivity contribution is 7.99. The minimum Gasteiger partial charge on any atom is -0.469 e. The Kier molecular flexibility index (Phi) is 6.23. The number of hydrogen-bond acceptors (Lipinski definition) is 7. The summed E-state index contributed by atoms with van der Waals surface area (Å²) >= 11 is 1.17. The summed E-state index contributed by atoms with van der Waals surface area (Å²) in [6.07, 6.45) is 1.93. The normalized spacial score (nSPS) is 18.0. The van der Waals surface area contributed by atoms with Crippen LogP contribution >= 0.6 is 11.8 Å². The first-order valence-corrected chi connectivity index (χ1v) is 11.5. The molecule has 4 amide bonds. The highest BCUT2D eigenvalue weighted by atomic mass is 32.2. The summed E-state index contributed by atoms with van der Waals surface area (Å²) in [7, 11) is 0. The molecule has 0 radical (unpaired) electrons. The van der Waals surface area contributed by atoms with Gasteiger partial charge in [-0.25, -0.2) is 4.79 Å². The van der Waals surface area contributed by atoms with Crippen LogP contribution in [0, 0.1) is 6.92 Å². The van der Waals surface area contributed by atoms with Gasteiger partial charge >= 0.3 is 6.03 Å². The van der Waals surface area contributed by atoms with E-state index in [0.29, 0.717) is 29.5 Å². The molecule has 0 saturated carbocycles. The largest absolute Gasteiger partial charge is 0.469 e. The van der Waals surface area contributed by atoms with Crippen LogP contribution in [0.5, 0.6) is 0 Å². The lowest BCUT2D eigenvalue weighted by molar-refractivity contribution is -0.138. The predicted octanol–water partition coefficient (Wildman–Crippen LogP) is 2.85. The topological polar surface area (TPSA) is 122 Å². The lowest BCUT2D eigenvalue weighted by atomic mass is 9.87. The maximum absolute atomic E-state index is 13.1. The van der Waals surface area contributed by atoms with Crippen molar-refractivity contribution in [3.05, 3.63) is 54.0 Å². The highest BCUT2D eigenvalue weighted by Gasteiger charge is 2.52. The second-order valence-electron chi connectivity index (χ2n) is 7.46. The Hall–Kier alpha value is -3.60. The van der Waals surface area contributed by atoms with Gasteiger partial charge in [0, 0.05) is 6.54 Å². The van der Waals surface area contributed by atoms with Gasteiger partial charge in [-0.1, -0.05) is 49.0 Å². The van der Waals surface area contributed by atoms with E-state index in [2.05, 4.69) is 20.9 Å². The lowest BCUT2D eigenvalue weighted by Gasteiger charge is -2.25. The molecule has 1 fully saturated rings. The number of thioether (sulfide) groups is 1. The number of carbonyl (C=O) groups is 3. The van der Waals surface area contributed by atoms with E-state index in [9.17, 15) is 14.4 Å². The van der Waals surface area contributed by atoms with Gasteiger partial charge in [-0.3, -0.25) is 15.0 Å². The van der Waals surface area contributed by atoms with E-state index in [1.807, 2.05) is 37.5 Å². The number of urea groups is 1. The van der Waals surface area contributed by atoms with E-state index in [4.69, 9.17) is 4.42 Å². The van der Waals surface area contributed by atoms with Crippen molar-refractivity contribution in [1.82, 2.24) is 30.5 Å². The zero-order chi connectivity index (χ0) is 23.6. The van der Waals surface area contributed by atoms with Crippen molar-refractivity contribution < 1.29 is 18.8 Å². The van der Waals surface area contributed by atoms with E-state index >= 15 is 0 Å². The molecule has 1 saturated heterocycles. The molecule has 0 bridgehead atoms. The fourth-order valence-corrected chi connectivity index (χ4v) is 4.62. The first kappa shape index (κ1) is 22.6. The summed E-state index contributed by atoms with van der Waals surface area (Å²) in [6.45, 7) is 6.20. The van der Waals surface area contributed by atoms with Gasteiger partial charge in [-0.2, -0.15) is 5.01 Å². The van der Waals surface area contributed by atoms with Crippen LogP contribution in [0.25, 0.3) is 11.4 Å². The summed E-state index contributed by atoms with van der Waals surface area (Å²) in [5.41, 5.74) is 2.71. The van der Waals surface area contributed by atoms with Crippen LogP contribution in [0.4, 0.5) is 4.79 Å². The second-order valence-corrected chi connectivity index (χ2v) is 8.40. The summed E-state index contributed by atoms with van der Waals surface area (Å²) in [4.78, 5) is 38.3. The number of imide groups is 1. The predicted molar refractivity (Wildman–Crippen MR) is 121 cm³/mol. The van der Waals surface area contributed by atoms with Gasteiger partial charge in [0.25, 0.3) is 5.91 Å². The molecule has 1 atom stereocenters. The molecular weight excluding hydrogens is 444 g/mol. The number of amides is 4. The van der Waals surface area contributed by atoms with Crippen molar-refractivity contribution >= 4 is 29.6 Å². The molecule has 1 aliphatic heterocycles. The number of aryl methyl sites for hydroxylation is 1. The molecule has 1 unspecified atom stereocenters. The zero-order valence-electron chi connectivity index (χ0n) is 18.5. The van der Waals surface area contributed by atoms with Crippen LogP contribution in [-0.4, -0.2) is 43.4 Å². The Bertz CT molecular complexity index is 1190. The third-order valence-electron chi connectivity index (χ3n) is 5.59.